The summed E-state index contributed by atoms with van der Waals surface area (Å²) in [6.45, 7) is 7.96. The molecular weight excluding hydrogens is 412 g/mol. The summed E-state index contributed by atoms with van der Waals surface area (Å²) in [5, 5.41) is 14.5. The van der Waals surface area contributed by atoms with Crippen molar-refractivity contribution in [2.75, 3.05) is 6.61 Å². The zero-order valence-corrected chi connectivity index (χ0v) is 18.8. The van der Waals surface area contributed by atoms with Gasteiger partial charge in [0.2, 0.25) is 0 Å². The molecule has 0 saturated carbocycles. The molecule has 0 amide bonds. The number of nitrogens with one attached hydrogen (secondary N) is 1. The van der Waals surface area contributed by atoms with Gasteiger partial charge < -0.3 is 19.7 Å². The molecule has 3 aromatic carbocycles. The largest absolute Gasteiger partial charge is 0.494 e. The number of hydrogen-bond acceptors (Lipinski definition) is 3. The molecule has 4 rings (SSSR count). The van der Waals surface area contributed by atoms with Gasteiger partial charge in [0.25, 0.3) is 0 Å². The molecule has 2 N–H and O–H groups in total. The molecule has 1 heterocycles. The monoisotopic (exact) mass is 440 g/mol. The number of ether oxygens (including phenoxy) is 1. The van der Waals surface area contributed by atoms with E-state index in [0.29, 0.717) is 31.9 Å². The van der Waals surface area contributed by atoms with Gasteiger partial charge >= 0.3 is 5.97 Å². The van der Waals surface area contributed by atoms with Crippen LogP contribution < -0.4 is 10.1 Å². The number of benzene rings is 3. The topological polar surface area (TPSA) is 63.5 Å². The second kappa shape index (κ2) is 10.2. The Morgan fingerprint density at radius 1 is 1.00 bits per heavy atom. The van der Waals surface area contributed by atoms with Crippen molar-refractivity contribution in [3.8, 4) is 5.75 Å². The number of rotatable bonds is 10. The van der Waals surface area contributed by atoms with Crippen LogP contribution in [0.5, 0.6) is 5.75 Å². The van der Waals surface area contributed by atoms with Crippen LogP contribution in [-0.4, -0.2) is 22.2 Å². The highest BCUT2D eigenvalue weighted by molar-refractivity contribution is 5.98. The van der Waals surface area contributed by atoms with Gasteiger partial charge in [0.1, 0.15) is 11.4 Å². The van der Waals surface area contributed by atoms with Crippen LogP contribution in [0.1, 0.15) is 39.7 Å². The minimum absolute atomic E-state index is 0.322. The quantitative estimate of drug-likeness (QED) is 0.331. The molecule has 0 spiro atoms. The van der Waals surface area contributed by atoms with Crippen molar-refractivity contribution in [1.29, 1.82) is 0 Å². The van der Waals surface area contributed by atoms with E-state index < -0.39 is 5.97 Å². The molecule has 33 heavy (non-hydrogen) atoms. The molecule has 5 nitrogen and oxygen atoms in total. The Labute approximate surface area is 193 Å². The summed E-state index contributed by atoms with van der Waals surface area (Å²) in [4.78, 5) is 12.4. The van der Waals surface area contributed by atoms with Gasteiger partial charge in [0, 0.05) is 36.1 Å². The van der Waals surface area contributed by atoms with Gasteiger partial charge in [-0.1, -0.05) is 67.3 Å². The average molecular weight is 441 g/mol. The van der Waals surface area contributed by atoms with E-state index in [0.717, 1.165) is 38.9 Å². The van der Waals surface area contributed by atoms with Gasteiger partial charge in [-0.05, 0) is 41.8 Å². The third-order valence-electron chi connectivity index (χ3n) is 5.70. The highest BCUT2D eigenvalue weighted by Crippen LogP contribution is 2.28. The maximum absolute atomic E-state index is 12.4. The lowest BCUT2D eigenvalue weighted by atomic mass is 10.1. The first-order chi connectivity index (χ1) is 16.1. The summed E-state index contributed by atoms with van der Waals surface area (Å²) in [6.07, 6.45) is 1.80. The number of nitrogens with zero attached hydrogens (tertiary/aromatic N) is 1. The first kappa shape index (κ1) is 22.4. The number of hydrogen-bond donors (Lipinski definition) is 2. The second-order valence-corrected chi connectivity index (χ2v) is 7.86. The van der Waals surface area contributed by atoms with Crippen LogP contribution in [-0.2, 0) is 19.6 Å². The maximum Gasteiger partial charge on any atom is 0.352 e. The number of fused-ring (bicyclic) bond motifs is 1. The van der Waals surface area contributed by atoms with Crippen molar-refractivity contribution in [2.45, 2.75) is 26.6 Å². The smallest absolute Gasteiger partial charge is 0.352 e. The predicted octanol–water partition coefficient (Wildman–Crippen LogP) is 5.72. The Morgan fingerprint density at radius 3 is 2.36 bits per heavy atom. The fourth-order valence-corrected chi connectivity index (χ4v) is 4.11. The summed E-state index contributed by atoms with van der Waals surface area (Å²) < 4.78 is 7.39. The Morgan fingerprint density at radius 2 is 1.70 bits per heavy atom. The van der Waals surface area contributed by atoms with Crippen molar-refractivity contribution in [2.24, 2.45) is 0 Å². The summed E-state index contributed by atoms with van der Waals surface area (Å²) in [5.74, 6) is -0.0783. The first-order valence-electron chi connectivity index (χ1n) is 11.1. The SMILES string of the molecule is C=Cc1ccc(Cn2c(C(=O)O)c(CNCc3ccc(OCC)cc3)c3ccccc32)cc1. The molecule has 0 radical (unpaired) electrons. The lowest BCUT2D eigenvalue weighted by molar-refractivity contribution is 0.0684. The molecule has 0 aliphatic heterocycles. The molecule has 5 heteroatoms. The Kier molecular flexibility index (Phi) is 6.91. The highest BCUT2D eigenvalue weighted by Gasteiger charge is 2.22. The van der Waals surface area contributed by atoms with Crippen LogP contribution in [0.25, 0.3) is 17.0 Å². The van der Waals surface area contributed by atoms with Crippen LogP contribution in [0.15, 0.2) is 79.4 Å². The van der Waals surface area contributed by atoms with E-state index in [2.05, 4.69) is 11.9 Å². The Balaban J connectivity index is 1.61. The maximum atomic E-state index is 12.4. The molecular formula is C28H28N2O3. The Hall–Kier alpha value is -3.83. The third kappa shape index (κ3) is 4.99. The van der Waals surface area contributed by atoms with Crippen molar-refractivity contribution in [3.05, 3.63) is 107 Å². The fraction of sp³-hybridized carbons (Fsp3) is 0.179. The fourth-order valence-electron chi connectivity index (χ4n) is 4.11. The second-order valence-electron chi connectivity index (χ2n) is 7.86. The lowest BCUT2D eigenvalue weighted by Gasteiger charge is -2.11. The zero-order valence-electron chi connectivity index (χ0n) is 18.8. The van der Waals surface area contributed by atoms with Crippen LogP contribution in [0.2, 0.25) is 0 Å². The molecule has 0 bridgehead atoms. The minimum atomic E-state index is -0.924. The number of aromatic nitrogens is 1. The summed E-state index contributed by atoms with van der Waals surface area (Å²) in [5.41, 5.74) is 5.23. The number of carboxylic acid groups (broad SMARTS) is 1. The molecule has 0 unspecified atom stereocenters. The number of aromatic carboxylic acids is 1. The zero-order chi connectivity index (χ0) is 23.2. The van der Waals surface area contributed by atoms with Crippen LogP contribution >= 0.6 is 0 Å². The van der Waals surface area contributed by atoms with Crippen molar-refractivity contribution < 1.29 is 14.6 Å². The van der Waals surface area contributed by atoms with Crippen LogP contribution in [0, 0.1) is 0 Å². The number of carbonyl (C=O) groups is 1. The molecule has 0 aliphatic rings. The van der Waals surface area contributed by atoms with E-state index >= 15 is 0 Å². The van der Waals surface area contributed by atoms with E-state index in [-0.39, 0.29) is 0 Å². The highest BCUT2D eigenvalue weighted by atomic mass is 16.5. The first-order valence-corrected chi connectivity index (χ1v) is 11.1. The summed E-state index contributed by atoms with van der Waals surface area (Å²) in [7, 11) is 0. The lowest BCUT2D eigenvalue weighted by Crippen LogP contribution is -2.17. The Bertz CT molecular complexity index is 1260. The molecule has 1 aromatic heterocycles. The predicted molar refractivity (Wildman–Crippen MR) is 133 cm³/mol. The average Bonchev–Trinajstić information content (AvgIpc) is 3.14. The van der Waals surface area contributed by atoms with E-state index in [4.69, 9.17) is 4.74 Å². The molecule has 0 fully saturated rings. The molecule has 0 saturated heterocycles. The van der Waals surface area contributed by atoms with E-state index in [1.165, 1.54) is 0 Å². The van der Waals surface area contributed by atoms with Gasteiger partial charge in [-0.3, -0.25) is 0 Å². The normalized spacial score (nSPS) is 10.9. The van der Waals surface area contributed by atoms with E-state index in [1.54, 1.807) is 6.08 Å². The van der Waals surface area contributed by atoms with Crippen molar-refractivity contribution >= 4 is 22.9 Å². The third-order valence-corrected chi connectivity index (χ3v) is 5.70. The van der Waals surface area contributed by atoms with Crippen molar-refractivity contribution in [1.82, 2.24) is 9.88 Å². The van der Waals surface area contributed by atoms with Crippen LogP contribution in [0.3, 0.4) is 0 Å². The van der Waals surface area contributed by atoms with Gasteiger partial charge in [0.05, 0.1) is 6.61 Å². The molecule has 4 aromatic rings. The number of carboxylic acids is 1. The molecule has 0 aliphatic carbocycles. The van der Waals surface area contributed by atoms with E-state index in [1.807, 2.05) is 84.3 Å². The van der Waals surface area contributed by atoms with E-state index in [9.17, 15) is 9.90 Å². The van der Waals surface area contributed by atoms with Crippen LogP contribution in [0.4, 0.5) is 0 Å². The summed E-state index contributed by atoms with van der Waals surface area (Å²) >= 11 is 0. The standard InChI is InChI=1S/C28H28N2O3/c1-3-20-9-11-22(12-10-20)19-30-26-8-6-5-7-24(26)25(27(30)28(31)32)18-29-17-21-13-15-23(16-14-21)33-4-2/h3,5-16,29H,1,4,17-19H2,2H3,(H,31,32). The minimum Gasteiger partial charge on any atom is -0.494 e. The molecule has 0 atom stereocenters. The van der Waals surface area contributed by atoms with Gasteiger partial charge in [-0.2, -0.15) is 0 Å². The van der Waals surface area contributed by atoms with Gasteiger partial charge in [0.15, 0.2) is 0 Å². The molecule has 168 valence electrons. The van der Waals surface area contributed by atoms with Gasteiger partial charge in [-0.15, -0.1) is 0 Å². The number of para-hydroxylation sites is 1. The van der Waals surface area contributed by atoms with Gasteiger partial charge in [-0.25, -0.2) is 4.79 Å². The van der Waals surface area contributed by atoms with Crippen molar-refractivity contribution in [3.63, 3.8) is 0 Å². The summed E-state index contributed by atoms with van der Waals surface area (Å²) in [6, 6.07) is 23.8.